The molecule has 0 aliphatic heterocycles. The molecule has 0 atom stereocenters. The summed E-state index contributed by atoms with van der Waals surface area (Å²) in [6, 6.07) is 3.65. The Morgan fingerprint density at radius 3 is 2.92 bits per heavy atom. The molecule has 0 unspecified atom stereocenters. The van der Waals surface area contributed by atoms with E-state index in [1.54, 1.807) is 12.3 Å². The quantitative estimate of drug-likeness (QED) is 0.285. The van der Waals surface area contributed by atoms with E-state index in [1.165, 1.54) is 0 Å². The van der Waals surface area contributed by atoms with Gasteiger partial charge in [0.2, 0.25) is 0 Å². The number of hydrogen-bond acceptors (Lipinski definition) is 4. The molecule has 0 fully saturated rings. The van der Waals surface area contributed by atoms with Crippen LogP contribution >= 0.6 is 12.6 Å². The fraction of sp³-hybridized carbons (Fsp3) is 0.222. The molecule has 4 heteroatoms. The molecule has 0 radical (unpaired) electrons. The number of anilines is 1. The maximum absolute atomic E-state index is 5.16. The maximum atomic E-state index is 5.16. The molecule has 1 aromatic rings. The van der Waals surface area contributed by atoms with Crippen molar-refractivity contribution in [1.82, 2.24) is 4.98 Å². The van der Waals surface area contributed by atoms with Crippen LogP contribution in [0.1, 0.15) is 12.0 Å². The average molecular weight is 193 g/mol. The molecule has 3 nitrogen and oxygen atoms in total. The van der Waals surface area contributed by atoms with Gasteiger partial charge in [0.1, 0.15) is 5.82 Å². The number of nitrogen functional groups attached to an aromatic ring is 1. The topological polar surface area (TPSA) is 50.9 Å². The van der Waals surface area contributed by atoms with Gasteiger partial charge >= 0.3 is 0 Å². The number of hydrazine groups is 1. The lowest BCUT2D eigenvalue weighted by Gasteiger charge is -1.96. The summed E-state index contributed by atoms with van der Waals surface area (Å²) in [5.41, 5.74) is 3.34. The molecule has 0 amide bonds. The summed E-state index contributed by atoms with van der Waals surface area (Å²) in [5, 5.41) is 0. The Hall–Kier alpha value is -1.18. The first-order chi connectivity index (χ1) is 6.36. The van der Waals surface area contributed by atoms with Gasteiger partial charge in [-0.15, -0.1) is 0 Å². The Bertz CT molecular complexity index is 310. The van der Waals surface area contributed by atoms with Crippen molar-refractivity contribution in [2.75, 3.05) is 11.2 Å². The minimum atomic E-state index is 0.639. The molecule has 13 heavy (non-hydrogen) atoms. The number of aromatic nitrogens is 1. The fourth-order valence-electron chi connectivity index (χ4n) is 0.774. The van der Waals surface area contributed by atoms with Crippen LogP contribution in [0.3, 0.4) is 0 Å². The lowest BCUT2D eigenvalue weighted by molar-refractivity contribution is 1.22. The molecule has 0 bridgehead atoms. The van der Waals surface area contributed by atoms with Gasteiger partial charge in [0.25, 0.3) is 0 Å². The van der Waals surface area contributed by atoms with Gasteiger partial charge in [-0.2, -0.15) is 12.6 Å². The summed E-state index contributed by atoms with van der Waals surface area (Å²) in [5.74, 6) is 12.5. The third-order valence-corrected chi connectivity index (χ3v) is 1.60. The molecule has 1 heterocycles. The van der Waals surface area contributed by atoms with Crippen molar-refractivity contribution < 1.29 is 0 Å². The number of nitrogens with two attached hydrogens (primary N) is 1. The highest BCUT2D eigenvalue weighted by atomic mass is 32.1. The van der Waals surface area contributed by atoms with E-state index in [-0.39, 0.29) is 0 Å². The Morgan fingerprint density at radius 2 is 2.38 bits per heavy atom. The SMILES string of the molecule is NNc1ccc(C#CCCS)cn1. The Balaban J connectivity index is 2.65. The highest BCUT2D eigenvalue weighted by molar-refractivity contribution is 7.80. The molecule has 1 rings (SSSR count). The Labute approximate surface area is 83.1 Å². The maximum Gasteiger partial charge on any atom is 0.139 e. The Kier molecular flexibility index (Phi) is 4.16. The van der Waals surface area contributed by atoms with Crippen LogP contribution in [-0.2, 0) is 0 Å². The van der Waals surface area contributed by atoms with E-state index in [9.17, 15) is 0 Å². The van der Waals surface area contributed by atoms with Gasteiger partial charge in [-0.05, 0) is 12.1 Å². The van der Waals surface area contributed by atoms with Crippen molar-refractivity contribution in [2.45, 2.75) is 6.42 Å². The third kappa shape index (κ3) is 3.36. The van der Waals surface area contributed by atoms with Gasteiger partial charge in [-0.3, -0.25) is 0 Å². The van der Waals surface area contributed by atoms with Crippen molar-refractivity contribution in [3.63, 3.8) is 0 Å². The van der Waals surface area contributed by atoms with Gasteiger partial charge in [-0.1, -0.05) is 11.8 Å². The summed E-state index contributed by atoms with van der Waals surface area (Å²) in [6.45, 7) is 0. The summed E-state index contributed by atoms with van der Waals surface area (Å²) < 4.78 is 0. The lowest BCUT2D eigenvalue weighted by atomic mass is 10.3. The second-order valence-electron chi connectivity index (χ2n) is 2.35. The van der Waals surface area contributed by atoms with Crippen LogP contribution in [0.2, 0.25) is 0 Å². The highest BCUT2D eigenvalue weighted by Gasteiger charge is 1.89. The first-order valence-corrected chi connectivity index (χ1v) is 4.52. The van der Waals surface area contributed by atoms with Gasteiger partial charge in [0.15, 0.2) is 0 Å². The summed E-state index contributed by atoms with van der Waals surface area (Å²) in [6.07, 6.45) is 2.47. The van der Waals surface area contributed by atoms with E-state index in [1.807, 2.05) is 6.07 Å². The number of rotatable bonds is 2. The Morgan fingerprint density at radius 1 is 1.54 bits per heavy atom. The predicted molar refractivity (Wildman–Crippen MR) is 57.4 cm³/mol. The monoisotopic (exact) mass is 193 g/mol. The lowest BCUT2D eigenvalue weighted by Crippen LogP contribution is -2.07. The van der Waals surface area contributed by atoms with Gasteiger partial charge < -0.3 is 5.43 Å². The third-order valence-electron chi connectivity index (χ3n) is 1.38. The van der Waals surface area contributed by atoms with Crippen LogP contribution in [-0.4, -0.2) is 10.7 Å². The normalized spacial score (nSPS) is 8.77. The van der Waals surface area contributed by atoms with Crippen LogP contribution in [0, 0.1) is 11.8 Å². The molecule has 0 saturated heterocycles. The molecule has 0 aromatic carbocycles. The first-order valence-electron chi connectivity index (χ1n) is 3.89. The molecule has 0 aliphatic carbocycles. The van der Waals surface area contributed by atoms with E-state index in [0.717, 1.165) is 17.7 Å². The smallest absolute Gasteiger partial charge is 0.139 e. The zero-order chi connectivity index (χ0) is 9.52. The van der Waals surface area contributed by atoms with E-state index in [4.69, 9.17) is 5.84 Å². The van der Waals surface area contributed by atoms with E-state index in [0.29, 0.717) is 5.82 Å². The molecular weight excluding hydrogens is 182 g/mol. The predicted octanol–water partition coefficient (Wildman–Crippen LogP) is 1.04. The highest BCUT2D eigenvalue weighted by Crippen LogP contribution is 2.01. The van der Waals surface area contributed by atoms with Crippen molar-refractivity contribution >= 4 is 18.4 Å². The molecule has 0 aliphatic rings. The van der Waals surface area contributed by atoms with E-state index < -0.39 is 0 Å². The first kappa shape index (κ1) is 9.90. The van der Waals surface area contributed by atoms with Crippen molar-refractivity contribution in [3.8, 4) is 11.8 Å². The summed E-state index contributed by atoms with van der Waals surface area (Å²) in [4.78, 5) is 4.02. The van der Waals surface area contributed by atoms with Crippen LogP contribution < -0.4 is 11.3 Å². The zero-order valence-electron chi connectivity index (χ0n) is 7.12. The van der Waals surface area contributed by atoms with Crippen LogP contribution in [0.15, 0.2) is 18.3 Å². The number of thiol groups is 1. The van der Waals surface area contributed by atoms with Crippen LogP contribution in [0.4, 0.5) is 5.82 Å². The second-order valence-corrected chi connectivity index (χ2v) is 2.80. The molecule has 1 aromatic heterocycles. The minimum Gasteiger partial charge on any atom is -0.308 e. The molecule has 68 valence electrons. The zero-order valence-corrected chi connectivity index (χ0v) is 8.01. The van der Waals surface area contributed by atoms with E-state index in [2.05, 4.69) is 34.9 Å². The van der Waals surface area contributed by atoms with Crippen molar-refractivity contribution in [2.24, 2.45) is 5.84 Å². The number of hydrogen-bond donors (Lipinski definition) is 3. The standard InChI is InChI=1S/C9H11N3S/c10-12-9-5-4-8(7-11-9)3-1-2-6-13/h4-5,7,13H,2,6,10H2,(H,11,12). The molecular formula is C9H11N3S. The summed E-state index contributed by atoms with van der Waals surface area (Å²) in [7, 11) is 0. The van der Waals surface area contributed by atoms with Crippen molar-refractivity contribution in [1.29, 1.82) is 0 Å². The van der Waals surface area contributed by atoms with Gasteiger partial charge in [-0.25, -0.2) is 10.8 Å². The largest absolute Gasteiger partial charge is 0.308 e. The molecule has 3 N–H and O–H groups in total. The molecule has 0 saturated carbocycles. The number of nitrogens with one attached hydrogen (secondary N) is 1. The van der Waals surface area contributed by atoms with Gasteiger partial charge in [0, 0.05) is 23.9 Å². The van der Waals surface area contributed by atoms with Crippen molar-refractivity contribution in [3.05, 3.63) is 23.9 Å². The fourth-order valence-corrected chi connectivity index (χ4v) is 0.885. The molecule has 0 spiro atoms. The number of nitrogens with zero attached hydrogens (tertiary/aromatic N) is 1. The second kappa shape index (κ2) is 5.46. The van der Waals surface area contributed by atoms with Crippen LogP contribution in [0.5, 0.6) is 0 Å². The number of pyridine rings is 1. The van der Waals surface area contributed by atoms with Gasteiger partial charge in [0.05, 0.1) is 0 Å². The van der Waals surface area contributed by atoms with E-state index >= 15 is 0 Å². The van der Waals surface area contributed by atoms with Crippen LogP contribution in [0.25, 0.3) is 0 Å². The summed E-state index contributed by atoms with van der Waals surface area (Å²) >= 11 is 4.05. The minimum absolute atomic E-state index is 0.639. The average Bonchev–Trinajstić information content (AvgIpc) is 2.19.